The van der Waals surface area contributed by atoms with Crippen molar-refractivity contribution in [1.82, 2.24) is 5.32 Å². The van der Waals surface area contributed by atoms with Crippen molar-refractivity contribution in [2.45, 2.75) is 25.8 Å². The van der Waals surface area contributed by atoms with E-state index in [1.807, 2.05) is 0 Å². The Bertz CT molecular complexity index is 311. The van der Waals surface area contributed by atoms with Gasteiger partial charge in [-0.15, -0.1) is 0 Å². The van der Waals surface area contributed by atoms with Crippen LogP contribution in [0.25, 0.3) is 0 Å². The lowest BCUT2D eigenvalue weighted by Gasteiger charge is -2.18. The molecule has 2 atom stereocenters. The third kappa shape index (κ3) is 2.11. The summed E-state index contributed by atoms with van der Waals surface area (Å²) in [6, 6.07) is 9.44. The highest BCUT2D eigenvalue weighted by Crippen LogP contribution is 2.32. The molecule has 1 fully saturated rings. The van der Waals surface area contributed by atoms with Crippen LogP contribution in [0.1, 0.15) is 31.4 Å². The van der Waals surface area contributed by atoms with Crippen molar-refractivity contribution in [3.05, 3.63) is 33.4 Å². The van der Waals surface area contributed by atoms with Gasteiger partial charge in [0.05, 0.1) is 0 Å². The van der Waals surface area contributed by atoms with Gasteiger partial charge in [0.2, 0.25) is 0 Å². The van der Waals surface area contributed by atoms with Crippen LogP contribution in [0.2, 0.25) is 0 Å². The van der Waals surface area contributed by atoms with Gasteiger partial charge in [-0.1, -0.05) is 25.5 Å². The monoisotopic (exact) mass is 301 g/mol. The van der Waals surface area contributed by atoms with Gasteiger partial charge in [0.15, 0.2) is 0 Å². The average Bonchev–Trinajstić information content (AvgIpc) is 2.65. The van der Waals surface area contributed by atoms with E-state index in [1.165, 1.54) is 28.5 Å². The van der Waals surface area contributed by atoms with Gasteiger partial charge >= 0.3 is 0 Å². The van der Waals surface area contributed by atoms with Crippen molar-refractivity contribution in [2.24, 2.45) is 5.92 Å². The molecule has 1 nitrogen and oxygen atoms in total. The zero-order chi connectivity index (χ0) is 9.97. The second-order valence-corrected chi connectivity index (χ2v) is 5.19. The Labute approximate surface area is 99.4 Å². The van der Waals surface area contributed by atoms with Gasteiger partial charge in [-0.05, 0) is 59.2 Å². The minimum Gasteiger partial charge on any atom is -0.310 e. The molecule has 1 heterocycles. The van der Waals surface area contributed by atoms with Crippen LogP contribution in [0.5, 0.6) is 0 Å². The maximum Gasteiger partial charge on any atom is 0.0349 e. The van der Waals surface area contributed by atoms with Crippen molar-refractivity contribution in [1.29, 1.82) is 0 Å². The van der Waals surface area contributed by atoms with E-state index in [1.54, 1.807) is 0 Å². The molecule has 1 aliphatic rings. The number of halogens is 1. The minimum atomic E-state index is 0.592. The molecular formula is C12H16IN. The molecule has 0 aliphatic carbocycles. The first kappa shape index (κ1) is 10.4. The van der Waals surface area contributed by atoms with Crippen LogP contribution in [0.3, 0.4) is 0 Å². The normalized spacial score (nSPS) is 26.7. The Morgan fingerprint density at radius 2 is 2.36 bits per heavy atom. The maximum absolute atomic E-state index is 3.60. The summed E-state index contributed by atoms with van der Waals surface area (Å²) in [5, 5.41) is 3.60. The van der Waals surface area contributed by atoms with E-state index in [4.69, 9.17) is 0 Å². The van der Waals surface area contributed by atoms with E-state index >= 15 is 0 Å². The fourth-order valence-electron chi connectivity index (χ4n) is 2.29. The Morgan fingerprint density at radius 1 is 1.50 bits per heavy atom. The molecule has 14 heavy (non-hydrogen) atoms. The SMILES string of the molecule is CCC1CCNC1c1cccc(I)c1. The smallest absolute Gasteiger partial charge is 0.0349 e. The molecule has 1 aliphatic heterocycles. The summed E-state index contributed by atoms with van der Waals surface area (Å²) in [7, 11) is 0. The van der Waals surface area contributed by atoms with E-state index < -0.39 is 0 Å². The molecule has 2 unspecified atom stereocenters. The highest BCUT2D eigenvalue weighted by Gasteiger charge is 2.26. The molecule has 0 aromatic heterocycles. The molecule has 1 saturated heterocycles. The summed E-state index contributed by atoms with van der Waals surface area (Å²) >= 11 is 2.38. The van der Waals surface area contributed by atoms with E-state index in [0.29, 0.717) is 6.04 Å². The number of rotatable bonds is 2. The van der Waals surface area contributed by atoms with Crippen LogP contribution in [-0.4, -0.2) is 6.54 Å². The van der Waals surface area contributed by atoms with E-state index in [-0.39, 0.29) is 0 Å². The first-order valence-corrected chi connectivity index (χ1v) is 6.38. The number of hydrogen-bond donors (Lipinski definition) is 1. The molecule has 0 bridgehead atoms. The van der Waals surface area contributed by atoms with Crippen LogP contribution >= 0.6 is 22.6 Å². The molecule has 2 rings (SSSR count). The Kier molecular flexibility index (Phi) is 3.44. The lowest BCUT2D eigenvalue weighted by atomic mass is 9.92. The molecule has 0 radical (unpaired) electrons. The summed E-state index contributed by atoms with van der Waals surface area (Å²) in [6.45, 7) is 3.47. The minimum absolute atomic E-state index is 0.592. The average molecular weight is 301 g/mol. The van der Waals surface area contributed by atoms with Gasteiger partial charge in [-0.25, -0.2) is 0 Å². The predicted octanol–water partition coefficient (Wildman–Crippen LogP) is 3.35. The molecule has 76 valence electrons. The highest BCUT2D eigenvalue weighted by molar-refractivity contribution is 14.1. The zero-order valence-electron chi connectivity index (χ0n) is 8.46. The molecule has 2 heteroatoms. The molecule has 0 saturated carbocycles. The van der Waals surface area contributed by atoms with Gasteiger partial charge < -0.3 is 5.32 Å². The van der Waals surface area contributed by atoms with Crippen molar-refractivity contribution >= 4 is 22.6 Å². The second kappa shape index (κ2) is 4.62. The summed E-state index contributed by atoms with van der Waals surface area (Å²) < 4.78 is 1.34. The lowest BCUT2D eigenvalue weighted by molar-refractivity contribution is 0.449. The first-order chi connectivity index (χ1) is 6.81. The van der Waals surface area contributed by atoms with Crippen LogP contribution < -0.4 is 5.32 Å². The zero-order valence-corrected chi connectivity index (χ0v) is 10.6. The molecule has 1 aromatic carbocycles. The van der Waals surface area contributed by atoms with Crippen LogP contribution in [0.4, 0.5) is 0 Å². The van der Waals surface area contributed by atoms with Crippen molar-refractivity contribution in [2.75, 3.05) is 6.54 Å². The third-order valence-corrected chi connectivity index (χ3v) is 3.75. The van der Waals surface area contributed by atoms with E-state index in [2.05, 4.69) is 59.1 Å². The Hall–Kier alpha value is -0.0900. The van der Waals surface area contributed by atoms with Gasteiger partial charge in [0.25, 0.3) is 0 Å². The number of benzene rings is 1. The molecular weight excluding hydrogens is 285 g/mol. The van der Waals surface area contributed by atoms with Crippen molar-refractivity contribution in [3.8, 4) is 0 Å². The maximum atomic E-state index is 3.60. The quantitative estimate of drug-likeness (QED) is 0.826. The highest BCUT2D eigenvalue weighted by atomic mass is 127. The van der Waals surface area contributed by atoms with Crippen molar-refractivity contribution in [3.63, 3.8) is 0 Å². The molecule has 0 spiro atoms. The summed E-state index contributed by atoms with van der Waals surface area (Å²) in [5.41, 5.74) is 1.46. The largest absolute Gasteiger partial charge is 0.310 e. The lowest BCUT2D eigenvalue weighted by Crippen LogP contribution is -2.17. The Morgan fingerprint density at radius 3 is 3.07 bits per heavy atom. The predicted molar refractivity (Wildman–Crippen MR) is 68.3 cm³/mol. The third-order valence-electron chi connectivity index (χ3n) is 3.08. The molecule has 0 amide bonds. The number of nitrogens with one attached hydrogen (secondary N) is 1. The fraction of sp³-hybridized carbons (Fsp3) is 0.500. The van der Waals surface area contributed by atoms with Crippen LogP contribution in [0, 0.1) is 9.49 Å². The van der Waals surface area contributed by atoms with Gasteiger partial charge in [0.1, 0.15) is 0 Å². The van der Waals surface area contributed by atoms with Crippen LogP contribution in [0.15, 0.2) is 24.3 Å². The molecule has 1 N–H and O–H groups in total. The van der Waals surface area contributed by atoms with E-state index in [9.17, 15) is 0 Å². The number of hydrogen-bond acceptors (Lipinski definition) is 1. The first-order valence-electron chi connectivity index (χ1n) is 5.30. The fourth-order valence-corrected chi connectivity index (χ4v) is 2.85. The molecule has 1 aromatic rings. The summed E-state index contributed by atoms with van der Waals surface area (Å²) in [5.74, 6) is 0.827. The standard InChI is InChI=1S/C12H16IN/c1-2-9-6-7-14-12(9)10-4-3-5-11(13)8-10/h3-5,8-9,12,14H,2,6-7H2,1H3. The summed E-state index contributed by atoms with van der Waals surface area (Å²) in [4.78, 5) is 0. The Balaban J connectivity index is 2.21. The van der Waals surface area contributed by atoms with Gasteiger partial charge in [-0.2, -0.15) is 0 Å². The second-order valence-electron chi connectivity index (χ2n) is 3.94. The summed E-state index contributed by atoms with van der Waals surface area (Å²) in [6.07, 6.45) is 2.61. The van der Waals surface area contributed by atoms with Crippen LogP contribution in [-0.2, 0) is 0 Å². The van der Waals surface area contributed by atoms with Gasteiger partial charge in [0, 0.05) is 9.61 Å². The van der Waals surface area contributed by atoms with Crippen molar-refractivity contribution < 1.29 is 0 Å². The topological polar surface area (TPSA) is 12.0 Å². The van der Waals surface area contributed by atoms with E-state index in [0.717, 1.165) is 5.92 Å². The van der Waals surface area contributed by atoms with Gasteiger partial charge in [-0.3, -0.25) is 0 Å².